The zero-order valence-electron chi connectivity index (χ0n) is 10.8. The summed E-state index contributed by atoms with van der Waals surface area (Å²) in [6, 6.07) is 3.71. The maximum absolute atomic E-state index is 5.77. The molecule has 0 unspecified atom stereocenters. The Kier molecular flexibility index (Phi) is 3.72. The predicted molar refractivity (Wildman–Crippen MR) is 70.0 cm³/mol. The third-order valence-corrected chi connectivity index (χ3v) is 2.43. The van der Waals surface area contributed by atoms with E-state index >= 15 is 0 Å². The summed E-state index contributed by atoms with van der Waals surface area (Å²) in [5, 5.41) is 3.06. The monoisotopic (exact) mass is 244 g/mol. The van der Waals surface area contributed by atoms with Crippen molar-refractivity contribution in [1.29, 1.82) is 0 Å². The van der Waals surface area contributed by atoms with E-state index in [9.17, 15) is 0 Å². The van der Waals surface area contributed by atoms with E-state index in [0.29, 0.717) is 17.6 Å². The molecule has 5 heteroatoms. The molecule has 2 aromatic rings. The van der Waals surface area contributed by atoms with Gasteiger partial charge in [-0.25, -0.2) is 4.98 Å². The van der Waals surface area contributed by atoms with Gasteiger partial charge in [0.05, 0.1) is 5.69 Å². The van der Waals surface area contributed by atoms with Gasteiger partial charge in [-0.2, -0.15) is 4.98 Å². The molecule has 2 rings (SSSR count). The van der Waals surface area contributed by atoms with Crippen molar-refractivity contribution in [2.45, 2.75) is 20.8 Å². The van der Waals surface area contributed by atoms with Crippen molar-refractivity contribution in [3.63, 3.8) is 0 Å². The minimum Gasteiger partial charge on any atom is -0.437 e. The Balaban J connectivity index is 2.28. The van der Waals surface area contributed by atoms with Crippen LogP contribution in [-0.4, -0.2) is 21.5 Å². The van der Waals surface area contributed by atoms with Crippen molar-refractivity contribution in [3.8, 4) is 11.6 Å². The third kappa shape index (κ3) is 2.74. The molecule has 1 N–H and O–H groups in total. The first kappa shape index (κ1) is 12.3. The van der Waals surface area contributed by atoms with Gasteiger partial charge in [-0.1, -0.05) is 0 Å². The van der Waals surface area contributed by atoms with Crippen LogP contribution in [0.4, 0.5) is 5.95 Å². The molecular weight excluding hydrogens is 228 g/mol. The van der Waals surface area contributed by atoms with E-state index < -0.39 is 0 Å². The Hall–Kier alpha value is -2.17. The molecule has 0 aliphatic rings. The van der Waals surface area contributed by atoms with Crippen molar-refractivity contribution in [1.82, 2.24) is 15.0 Å². The quantitative estimate of drug-likeness (QED) is 0.896. The Bertz CT molecular complexity index is 542. The highest BCUT2D eigenvalue weighted by molar-refractivity contribution is 5.37. The molecule has 0 radical (unpaired) electrons. The Morgan fingerprint density at radius 3 is 2.83 bits per heavy atom. The normalized spacial score (nSPS) is 10.2. The second-order valence-electron chi connectivity index (χ2n) is 3.90. The standard InChI is InChI=1S/C13H16N4O/c1-4-14-13-16-8-9(2)12(17-13)18-11-6-5-7-15-10(11)3/h5-8H,4H2,1-3H3,(H,14,16,17). The van der Waals surface area contributed by atoms with Crippen molar-refractivity contribution in [2.24, 2.45) is 0 Å². The van der Waals surface area contributed by atoms with Crippen LogP contribution in [0.1, 0.15) is 18.2 Å². The minimum absolute atomic E-state index is 0.553. The van der Waals surface area contributed by atoms with Crippen molar-refractivity contribution in [3.05, 3.63) is 35.8 Å². The average Bonchev–Trinajstić information content (AvgIpc) is 2.36. The van der Waals surface area contributed by atoms with Gasteiger partial charge in [-0.3, -0.25) is 4.98 Å². The van der Waals surface area contributed by atoms with Gasteiger partial charge in [0.1, 0.15) is 0 Å². The minimum atomic E-state index is 0.553. The molecule has 0 saturated carbocycles. The molecule has 94 valence electrons. The number of hydrogen-bond acceptors (Lipinski definition) is 5. The van der Waals surface area contributed by atoms with Crippen molar-refractivity contribution < 1.29 is 4.74 Å². The summed E-state index contributed by atoms with van der Waals surface area (Å²) in [5.74, 6) is 1.83. The summed E-state index contributed by atoms with van der Waals surface area (Å²) in [6.45, 7) is 6.58. The molecule has 18 heavy (non-hydrogen) atoms. The Morgan fingerprint density at radius 2 is 2.11 bits per heavy atom. The Morgan fingerprint density at radius 1 is 1.28 bits per heavy atom. The van der Waals surface area contributed by atoms with Gasteiger partial charge >= 0.3 is 0 Å². The number of ether oxygens (including phenoxy) is 1. The molecular formula is C13H16N4O. The number of nitrogens with zero attached hydrogens (tertiary/aromatic N) is 3. The van der Waals surface area contributed by atoms with E-state index in [1.165, 1.54) is 0 Å². The molecule has 0 amide bonds. The van der Waals surface area contributed by atoms with E-state index in [1.807, 2.05) is 32.9 Å². The van der Waals surface area contributed by atoms with Crippen LogP contribution in [0.15, 0.2) is 24.5 Å². The van der Waals surface area contributed by atoms with Crippen LogP contribution < -0.4 is 10.1 Å². The van der Waals surface area contributed by atoms with Gasteiger partial charge in [0.15, 0.2) is 5.75 Å². The smallest absolute Gasteiger partial charge is 0.227 e. The number of pyridine rings is 1. The van der Waals surface area contributed by atoms with Crippen LogP contribution >= 0.6 is 0 Å². The largest absolute Gasteiger partial charge is 0.437 e. The van der Waals surface area contributed by atoms with Gasteiger partial charge < -0.3 is 10.1 Å². The molecule has 5 nitrogen and oxygen atoms in total. The first-order valence-corrected chi connectivity index (χ1v) is 5.87. The van der Waals surface area contributed by atoms with Gasteiger partial charge in [0.25, 0.3) is 0 Å². The second-order valence-corrected chi connectivity index (χ2v) is 3.90. The lowest BCUT2D eigenvalue weighted by Gasteiger charge is -2.10. The van der Waals surface area contributed by atoms with Crippen LogP contribution in [0.25, 0.3) is 0 Å². The topological polar surface area (TPSA) is 59.9 Å². The fraction of sp³-hybridized carbons (Fsp3) is 0.308. The molecule has 0 bridgehead atoms. The summed E-state index contributed by atoms with van der Waals surface area (Å²) in [6.07, 6.45) is 3.48. The molecule has 2 aromatic heterocycles. The Labute approximate surface area is 106 Å². The zero-order chi connectivity index (χ0) is 13.0. The fourth-order valence-electron chi connectivity index (χ4n) is 1.45. The summed E-state index contributed by atoms with van der Waals surface area (Å²) in [4.78, 5) is 12.7. The van der Waals surface area contributed by atoms with Gasteiger partial charge in [-0.05, 0) is 32.9 Å². The fourth-order valence-corrected chi connectivity index (χ4v) is 1.45. The predicted octanol–water partition coefficient (Wildman–Crippen LogP) is 2.71. The number of aromatic nitrogens is 3. The van der Waals surface area contributed by atoms with Crippen LogP contribution in [-0.2, 0) is 0 Å². The molecule has 0 aromatic carbocycles. The number of aryl methyl sites for hydroxylation is 2. The number of anilines is 1. The summed E-state index contributed by atoms with van der Waals surface area (Å²) in [5.41, 5.74) is 1.72. The first-order chi connectivity index (χ1) is 8.70. The highest BCUT2D eigenvalue weighted by Crippen LogP contribution is 2.24. The molecule has 0 atom stereocenters. The maximum atomic E-state index is 5.77. The van der Waals surface area contributed by atoms with E-state index in [2.05, 4.69) is 20.3 Å². The molecule has 0 spiro atoms. The summed E-state index contributed by atoms with van der Waals surface area (Å²) in [7, 11) is 0. The number of rotatable bonds is 4. The van der Waals surface area contributed by atoms with E-state index in [1.54, 1.807) is 12.4 Å². The zero-order valence-corrected chi connectivity index (χ0v) is 10.8. The molecule has 2 heterocycles. The lowest BCUT2D eigenvalue weighted by Crippen LogP contribution is -2.04. The molecule has 0 aliphatic heterocycles. The van der Waals surface area contributed by atoms with Gasteiger partial charge in [-0.15, -0.1) is 0 Å². The molecule has 0 fully saturated rings. The summed E-state index contributed by atoms with van der Waals surface area (Å²) < 4.78 is 5.77. The first-order valence-electron chi connectivity index (χ1n) is 5.87. The van der Waals surface area contributed by atoms with Crippen LogP contribution in [0.5, 0.6) is 11.6 Å². The highest BCUT2D eigenvalue weighted by atomic mass is 16.5. The third-order valence-electron chi connectivity index (χ3n) is 2.43. The van der Waals surface area contributed by atoms with Gasteiger partial charge in [0.2, 0.25) is 11.8 Å². The second kappa shape index (κ2) is 5.44. The number of hydrogen-bond donors (Lipinski definition) is 1. The van der Waals surface area contributed by atoms with Crippen LogP contribution in [0.3, 0.4) is 0 Å². The summed E-state index contributed by atoms with van der Waals surface area (Å²) >= 11 is 0. The van der Waals surface area contributed by atoms with Gasteiger partial charge in [0, 0.05) is 24.5 Å². The van der Waals surface area contributed by atoms with Crippen LogP contribution in [0.2, 0.25) is 0 Å². The number of nitrogens with one attached hydrogen (secondary N) is 1. The molecule has 0 aliphatic carbocycles. The van der Waals surface area contributed by atoms with Crippen molar-refractivity contribution in [2.75, 3.05) is 11.9 Å². The van der Waals surface area contributed by atoms with E-state index in [4.69, 9.17) is 4.74 Å². The maximum Gasteiger partial charge on any atom is 0.227 e. The van der Waals surface area contributed by atoms with E-state index in [-0.39, 0.29) is 0 Å². The average molecular weight is 244 g/mol. The van der Waals surface area contributed by atoms with Crippen molar-refractivity contribution >= 4 is 5.95 Å². The lowest BCUT2D eigenvalue weighted by molar-refractivity contribution is 0.452. The highest BCUT2D eigenvalue weighted by Gasteiger charge is 2.07. The SMILES string of the molecule is CCNc1ncc(C)c(Oc2cccnc2C)n1. The van der Waals surface area contributed by atoms with Crippen LogP contribution in [0, 0.1) is 13.8 Å². The lowest BCUT2D eigenvalue weighted by atomic mass is 10.3. The van der Waals surface area contributed by atoms with E-state index in [0.717, 1.165) is 17.8 Å². The molecule has 0 saturated heterocycles.